The zero-order valence-corrected chi connectivity index (χ0v) is 14.7. The number of aryl methyl sites for hydroxylation is 1. The Morgan fingerprint density at radius 3 is 2.85 bits per heavy atom. The Labute approximate surface area is 154 Å². The number of nitrogens with zero attached hydrogens (tertiary/aromatic N) is 1. The minimum atomic E-state index is -0.561. The lowest BCUT2D eigenvalue weighted by Crippen LogP contribution is -2.34. The summed E-state index contributed by atoms with van der Waals surface area (Å²) in [5.74, 6) is -0.416. The van der Waals surface area contributed by atoms with Crippen LogP contribution >= 0.6 is 0 Å². The van der Waals surface area contributed by atoms with Crippen molar-refractivity contribution in [1.82, 2.24) is 4.98 Å². The summed E-state index contributed by atoms with van der Waals surface area (Å²) < 4.78 is 18.8. The van der Waals surface area contributed by atoms with E-state index in [1.807, 2.05) is 0 Å². The first-order chi connectivity index (χ1) is 12.9. The largest absolute Gasteiger partial charge is 0.479 e. The highest BCUT2D eigenvalue weighted by atomic mass is 19.1. The van der Waals surface area contributed by atoms with Gasteiger partial charge in [0.1, 0.15) is 11.6 Å². The number of ether oxygens (including phenoxy) is 1. The zero-order valence-electron chi connectivity index (χ0n) is 14.7. The molecule has 0 saturated heterocycles. The number of pyridine rings is 1. The molecular weight excluding hydrogens is 349 g/mol. The third kappa shape index (κ3) is 3.19. The summed E-state index contributed by atoms with van der Waals surface area (Å²) in [6.45, 7) is 3.36. The topological polar surface area (TPSA) is 80.3 Å². The fourth-order valence-corrected chi connectivity index (χ4v) is 2.95. The Balaban J connectivity index is 1.62. The van der Waals surface area contributed by atoms with E-state index in [0.29, 0.717) is 39.3 Å². The first-order valence-corrected chi connectivity index (χ1v) is 8.40. The quantitative estimate of drug-likeness (QED) is 0.726. The molecule has 2 amide bonds. The molecule has 7 heteroatoms. The minimum Gasteiger partial charge on any atom is -0.479 e. The Kier molecular flexibility index (Phi) is 3.99. The molecule has 27 heavy (non-hydrogen) atoms. The van der Waals surface area contributed by atoms with E-state index in [0.717, 1.165) is 0 Å². The highest BCUT2D eigenvalue weighted by Gasteiger charge is 2.24. The number of amides is 2. The average molecular weight is 365 g/mol. The van der Waals surface area contributed by atoms with Gasteiger partial charge in [-0.15, -0.1) is 0 Å². The number of aromatic nitrogens is 1. The van der Waals surface area contributed by atoms with Crippen LogP contribution in [0.5, 0.6) is 5.75 Å². The highest BCUT2D eigenvalue weighted by Crippen LogP contribution is 2.32. The molecule has 1 atom stereocenters. The van der Waals surface area contributed by atoms with Crippen LogP contribution in [0.3, 0.4) is 0 Å². The van der Waals surface area contributed by atoms with Crippen LogP contribution in [0.4, 0.5) is 15.8 Å². The van der Waals surface area contributed by atoms with Crippen LogP contribution in [0.1, 0.15) is 23.0 Å². The molecule has 1 aliphatic rings. The van der Waals surface area contributed by atoms with E-state index in [9.17, 15) is 14.0 Å². The summed E-state index contributed by atoms with van der Waals surface area (Å²) in [7, 11) is 0. The van der Waals surface area contributed by atoms with Crippen molar-refractivity contribution in [2.75, 3.05) is 10.6 Å². The van der Waals surface area contributed by atoms with Gasteiger partial charge in [0.15, 0.2) is 6.10 Å². The molecule has 0 fully saturated rings. The van der Waals surface area contributed by atoms with E-state index >= 15 is 0 Å². The fourth-order valence-electron chi connectivity index (χ4n) is 2.95. The number of carbonyl (C=O) groups excluding carboxylic acids is 2. The molecule has 1 aromatic heterocycles. The highest BCUT2D eigenvalue weighted by molar-refractivity contribution is 6.07. The van der Waals surface area contributed by atoms with Gasteiger partial charge in [-0.05, 0) is 50.2 Å². The van der Waals surface area contributed by atoms with Crippen LogP contribution < -0.4 is 15.4 Å². The predicted octanol–water partition coefficient (Wildman–Crippen LogP) is 3.65. The van der Waals surface area contributed by atoms with Gasteiger partial charge in [-0.25, -0.2) is 4.39 Å². The SMILES string of the molecule is Cc1nc2cc(F)ccc2cc1C(=O)Nc1ccc2c(c1)NC(=O)[C@@H](C)O2. The van der Waals surface area contributed by atoms with Gasteiger partial charge in [0.25, 0.3) is 11.8 Å². The molecule has 0 aliphatic carbocycles. The Morgan fingerprint density at radius 1 is 1.22 bits per heavy atom. The second-order valence-electron chi connectivity index (χ2n) is 6.37. The average Bonchev–Trinajstić information content (AvgIpc) is 2.62. The molecule has 0 bridgehead atoms. The number of rotatable bonds is 2. The van der Waals surface area contributed by atoms with Gasteiger partial charge in [-0.1, -0.05) is 0 Å². The van der Waals surface area contributed by atoms with E-state index in [1.54, 1.807) is 44.2 Å². The lowest BCUT2D eigenvalue weighted by molar-refractivity contribution is -0.122. The lowest BCUT2D eigenvalue weighted by Gasteiger charge is -2.23. The third-order valence-corrected chi connectivity index (χ3v) is 4.38. The predicted molar refractivity (Wildman–Crippen MR) is 99.6 cm³/mol. The maximum absolute atomic E-state index is 13.3. The molecule has 3 aromatic rings. The van der Waals surface area contributed by atoms with E-state index in [2.05, 4.69) is 15.6 Å². The third-order valence-electron chi connectivity index (χ3n) is 4.38. The van der Waals surface area contributed by atoms with Crippen molar-refractivity contribution in [2.45, 2.75) is 20.0 Å². The van der Waals surface area contributed by atoms with Crippen molar-refractivity contribution in [1.29, 1.82) is 0 Å². The molecule has 2 aromatic carbocycles. The summed E-state index contributed by atoms with van der Waals surface area (Å²) in [5.41, 5.74) is 2.39. The van der Waals surface area contributed by atoms with Crippen molar-refractivity contribution >= 4 is 34.1 Å². The minimum absolute atomic E-state index is 0.243. The van der Waals surface area contributed by atoms with Crippen molar-refractivity contribution in [2.24, 2.45) is 0 Å². The number of anilines is 2. The number of carbonyl (C=O) groups is 2. The molecular formula is C20H16FN3O3. The van der Waals surface area contributed by atoms with Gasteiger partial charge in [-0.2, -0.15) is 0 Å². The van der Waals surface area contributed by atoms with Gasteiger partial charge >= 0.3 is 0 Å². The monoisotopic (exact) mass is 365 g/mol. The Hall–Kier alpha value is -3.48. The van der Waals surface area contributed by atoms with E-state index in [4.69, 9.17) is 4.74 Å². The van der Waals surface area contributed by atoms with Gasteiger partial charge in [0, 0.05) is 17.1 Å². The van der Waals surface area contributed by atoms with Crippen LogP contribution in [0.2, 0.25) is 0 Å². The first kappa shape index (κ1) is 17.0. The molecule has 4 rings (SSSR count). The summed E-state index contributed by atoms with van der Waals surface area (Å²) in [6.07, 6.45) is -0.561. The van der Waals surface area contributed by atoms with Crippen LogP contribution in [0.25, 0.3) is 10.9 Å². The lowest BCUT2D eigenvalue weighted by atomic mass is 10.1. The van der Waals surface area contributed by atoms with Crippen molar-refractivity contribution in [3.05, 3.63) is 59.5 Å². The molecule has 2 N–H and O–H groups in total. The van der Waals surface area contributed by atoms with Crippen LogP contribution in [0, 0.1) is 12.7 Å². The smallest absolute Gasteiger partial charge is 0.265 e. The Bertz CT molecular complexity index is 1100. The van der Waals surface area contributed by atoms with Gasteiger partial charge in [0.2, 0.25) is 0 Å². The van der Waals surface area contributed by atoms with Crippen LogP contribution in [-0.2, 0) is 4.79 Å². The number of halogens is 1. The van der Waals surface area contributed by atoms with Gasteiger partial charge in [-0.3, -0.25) is 14.6 Å². The normalized spacial score (nSPS) is 15.7. The molecule has 0 radical (unpaired) electrons. The molecule has 2 heterocycles. The summed E-state index contributed by atoms with van der Waals surface area (Å²) in [5, 5.41) is 6.21. The van der Waals surface area contributed by atoms with Gasteiger partial charge in [0.05, 0.1) is 22.5 Å². The second-order valence-corrected chi connectivity index (χ2v) is 6.37. The number of hydrogen-bond acceptors (Lipinski definition) is 4. The molecule has 6 nitrogen and oxygen atoms in total. The summed E-state index contributed by atoms with van der Waals surface area (Å²) in [6, 6.07) is 10.9. The first-order valence-electron chi connectivity index (χ1n) is 8.40. The zero-order chi connectivity index (χ0) is 19.1. The Morgan fingerprint density at radius 2 is 2.04 bits per heavy atom. The fraction of sp³-hybridized carbons (Fsp3) is 0.150. The number of fused-ring (bicyclic) bond motifs is 2. The molecule has 0 spiro atoms. The van der Waals surface area contributed by atoms with Crippen LogP contribution in [-0.4, -0.2) is 22.9 Å². The van der Waals surface area contributed by atoms with E-state index in [1.165, 1.54) is 12.1 Å². The second kappa shape index (κ2) is 6.35. The van der Waals surface area contributed by atoms with Crippen molar-refractivity contribution in [3.63, 3.8) is 0 Å². The molecule has 1 aliphatic heterocycles. The molecule has 0 unspecified atom stereocenters. The van der Waals surface area contributed by atoms with E-state index in [-0.39, 0.29) is 17.6 Å². The molecule has 136 valence electrons. The van der Waals surface area contributed by atoms with Crippen molar-refractivity contribution in [3.8, 4) is 5.75 Å². The van der Waals surface area contributed by atoms with Gasteiger partial charge < -0.3 is 15.4 Å². The summed E-state index contributed by atoms with van der Waals surface area (Å²) in [4.78, 5) is 28.7. The maximum Gasteiger partial charge on any atom is 0.265 e. The maximum atomic E-state index is 13.3. The summed E-state index contributed by atoms with van der Waals surface area (Å²) >= 11 is 0. The molecule has 0 saturated carbocycles. The van der Waals surface area contributed by atoms with Crippen molar-refractivity contribution < 1.29 is 18.7 Å². The standard InChI is InChI=1S/C20H16FN3O3/c1-10-15(7-12-3-4-13(21)8-16(12)22-10)20(26)23-14-5-6-18-17(9-14)24-19(25)11(2)27-18/h3-9,11H,1-2H3,(H,23,26)(H,24,25)/t11-/m1/s1. The number of benzene rings is 2. The number of nitrogens with one attached hydrogen (secondary N) is 2. The van der Waals surface area contributed by atoms with Crippen LogP contribution in [0.15, 0.2) is 42.5 Å². The number of hydrogen-bond donors (Lipinski definition) is 2. The van der Waals surface area contributed by atoms with E-state index < -0.39 is 6.10 Å².